The van der Waals surface area contributed by atoms with E-state index in [1.807, 2.05) is 4.90 Å². The number of nitrogens with zero attached hydrogens (tertiary/aromatic N) is 1. The Labute approximate surface area is 115 Å². The molecule has 2 N–H and O–H groups in total. The summed E-state index contributed by atoms with van der Waals surface area (Å²) in [6, 6.07) is 2.54. The highest BCUT2D eigenvalue weighted by atomic mass is 35.5. The van der Waals surface area contributed by atoms with Gasteiger partial charge in [-0.1, -0.05) is 23.2 Å². The van der Waals surface area contributed by atoms with Crippen molar-refractivity contribution in [3.63, 3.8) is 0 Å². The van der Waals surface area contributed by atoms with Crippen LogP contribution in [-0.2, 0) is 0 Å². The van der Waals surface area contributed by atoms with E-state index in [-0.39, 0.29) is 17.2 Å². The number of nitrogens with one attached hydrogen (secondary N) is 1. The van der Waals surface area contributed by atoms with E-state index in [9.17, 15) is 9.50 Å². The number of aliphatic hydroxyl groups excluding tert-OH is 1. The molecule has 1 heterocycles. The molecule has 0 unspecified atom stereocenters. The van der Waals surface area contributed by atoms with Crippen LogP contribution in [0.5, 0.6) is 0 Å². The lowest BCUT2D eigenvalue weighted by atomic mass is 10.0. The van der Waals surface area contributed by atoms with E-state index in [0.29, 0.717) is 5.02 Å². The molecule has 1 saturated heterocycles. The Morgan fingerprint density at radius 1 is 1.28 bits per heavy atom. The fourth-order valence-corrected chi connectivity index (χ4v) is 2.67. The van der Waals surface area contributed by atoms with Gasteiger partial charge in [-0.25, -0.2) is 4.39 Å². The van der Waals surface area contributed by atoms with Gasteiger partial charge in [-0.3, -0.25) is 4.90 Å². The van der Waals surface area contributed by atoms with Crippen molar-refractivity contribution in [1.29, 1.82) is 0 Å². The second kappa shape index (κ2) is 6.17. The number of hydrogen-bond donors (Lipinski definition) is 2. The summed E-state index contributed by atoms with van der Waals surface area (Å²) < 4.78 is 14.1. The Balaban J connectivity index is 2.34. The van der Waals surface area contributed by atoms with Crippen LogP contribution in [0.25, 0.3) is 0 Å². The summed E-state index contributed by atoms with van der Waals surface area (Å²) in [4.78, 5) is 2.01. The Hall–Kier alpha value is -0.390. The lowest BCUT2D eigenvalue weighted by Gasteiger charge is -2.34. The molecule has 0 aromatic heterocycles. The molecular formula is C12H15Cl2FN2O. The summed E-state index contributed by atoms with van der Waals surface area (Å²) in [5.74, 6) is -0.540. The van der Waals surface area contributed by atoms with Crippen molar-refractivity contribution in [2.45, 2.75) is 6.04 Å². The van der Waals surface area contributed by atoms with Gasteiger partial charge < -0.3 is 10.4 Å². The summed E-state index contributed by atoms with van der Waals surface area (Å²) in [6.07, 6.45) is 0. The van der Waals surface area contributed by atoms with E-state index < -0.39 is 11.9 Å². The van der Waals surface area contributed by atoms with Gasteiger partial charge in [0.2, 0.25) is 0 Å². The van der Waals surface area contributed by atoms with Crippen LogP contribution in [0.4, 0.5) is 4.39 Å². The van der Waals surface area contributed by atoms with Crippen molar-refractivity contribution >= 4 is 23.2 Å². The molecule has 1 aromatic rings. The first-order chi connectivity index (χ1) is 8.65. The third kappa shape index (κ3) is 2.78. The fourth-order valence-electron chi connectivity index (χ4n) is 2.23. The molecule has 0 radical (unpaired) electrons. The molecule has 100 valence electrons. The van der Waals surface area contributed by atoms with Gasteiger partial charge in [0.25, 0.3) is 0 Å². The lowest BCUT2D eigenvalue weighted by Crippen LogP contribution is -2.46. The lowest BCUT2D eigenvalue weighted by molar-refractivity contribution is 0.108. The van der Waals surface area contributed by atoms with Gasteiger partial charge in [-0.2, -0.15) is 0 Å². The highest BCUT2D eigenvalue weighted by molar-refractivity contribution is 6.33. The predicted molar refractivity (Wildman–Crippen MR) is 70.7 cm³/mol. The van der Waals surface area contributed by atoms with Crippen LogP contribution in [0, 0.1) is 5.82 Å². The molecule has 0 saturated carbocycles. The SMILES string of the molecule is OC[C@@H](c1c(Cl)ccc(Cl)c1F)N1CCNCC1. The molecule has 1 aliphatic heterocycles. The van der Waals surface area contributed by atoms with Crippen LogP contribution < -0.4 is 5.32 Å². The summed E-state index contributed by atoms with van der Waals surface area (Å²) in [5.41, 5.74) is 0.286. The zero-order valence-electron chi connectivity index (χ0n) is 9.80. The van der Waals surface area contributed by atoms with Crippen molar-refractivity contribution in [2.24, 2.45) is 0 Å². The van der Waals surface area contributed by atoms with Gasteiger partial charge in [0.1, 0.15) is 5.82 Å². The molecular weight excluding hydrogens is 278 g/mol. The Morgan fingerprint density at radius 2 is 1.89 bits per heavy atom. The number of benzene rings is 1. The van der Waals surface area contributed by atoms with Crippen molar-refractivity contribution in [3.8, 4) is 0 Å². The first kappa shape index (κ1) is 14.0. The molecule has 3 nitrogen and oxygen atoms in total. The smallest absolute Gasteiger partial charge is 0.148 e. The van der Waals surface area contributed by atoms with Crippen LogP contribution in [0.2, 0.25) is 10.0 Å². The molecule has 1 atom stereocenters. The standard InChI is InChI=1S/C12H15Cl2FN2O/c13-8-1-2-9(14)12(15)11(8)10(7-18)17-5-3-16-4-6-17/h1-2,10,16,18H,3-7H2/t10-/m0/s1. The third-order valence-electron chi connectivity index (χ3n) is 3.18. The molecule has 1 aliphatic rings. The van der Waals surface area contributed by atoms with Crippen LogP contribution in [0.15, 0.2) is 12.1 Å². The van der Waals surface area contributed by atoms with Crippen LogP contribution in [0.3, 0.4) is 0 Å². The Morgan fingerprint density at radius 3 is 2.50 bits per heavy atom. The molecule has 1 aromatic carbocycles. The number of hydrogen-bond acceptors (Lipinski definition) is 3. The van der Waals surface area contributed by atoms with Crippen LogP contribution in [0.1, 0.15) is 11.6 Å². The Kier molecular flexibility index (Phi) is 4.81. The molecule has 2 rings (SSSR count). The van der Waals surface area contributed by atoms with Gasteiger partial charge in [-0.05, 0) is 12.1 Å². The van der Waals surface area contributed by atoms with E-state index in [4.69, 9.17) is 23.2 Å². The first-order valence-corrected chi connectivity index (χ1v) is 6.59. The minimum atomic E-state index is -0.540. The predicted octanol–water partition coefficient (Wildman–Crippen LogP) is 2.07. The highest BCUT2D eigenvalue weighted by Crippen LogP contribution is 2.33. The van der Waals surface area contributed by atoms with E-state index in [2.05, 4.69) is 5.32 Å². The van der Waals surface area contributed by atoms with Gasteiger partial charge in [0.15, 0.2) is 0 Å². The van der Waals surface area contributed by atoms with E-state index in [0.717, 1.165) is 26.2 Å². The van der Waals surface area contributed by atoms with Gasteiger partial charge in [0.05, 0.1) is 17.7 Å². The minimum absolute atomic E-state index is 0.0305. The van der Waals surface area contributed by atoms with Gasteiger partial charge >= 0.3 is 0 Å². The van der Waals surface area contributed by atoms with Crippen LogP contribution in [-0.4, -0.2) is 42.8 Å². The van der Waals surface area contributed by atoms with E-state index >= 15 is 0 Å². The molecule has 18 heavy (non-hydrogen) atoms. The fraction of sp³-hybridized carbons (Fsp3) is 0.500. The summed E-state index contributed by atoms with van der Waals surface area (Å²) >= 11 is 11.8. The molecule has 0 amide bonds. The zero-order chi connectivity index (χ0) is 13.1. The summed E-state index contributed by atoms with van der Waals surface area (Å²) in [6.45, 7) is 2.94. The molecule has 1 fully saturated rings. The maximum atomic E-state index is 14.1. The van der Waals surface area contributed by atoms with Crippen molar-refractivity contribution in [1.82, 2.24) is 10.2 Å². The maximum Gasteiger partial charge on any atom is 0.148 e. The first-order valence-electron chi connectivity index (χ1n) is 5.84. The highest BCUT2D eigenvalue weighted by Gasteiger charge is 2.27. The zero-order valence-corrected chi connectivity index (χ0v) is 11.3. The number of rotatable bonds is 3. The molecule has 0 aliphatic carbocycles. The monoisotopic (exact) mass is 292 g/mol. The number of halogens is 3. The quantitative estimate of drug-likeness (QED) is 0.838. The van der Waals surface area contributed by atoms with Crippen molar-refractivity contribution in [3.05, 3.63) is 33.6 Å². The van der Waals surface area contributed by atoms with Gasteiger partial charge in [-0.15, -0.1) is 0 Å². The maximum absolute atomic E-state index is 14.1. The number of piperazine rings is 1. The summed E-state index contributed by atoms with van der Waals surface area (Å²) in [5, 5.41) is 13.1. The second-order valence-corrected chi connectivity index (χ2v) is 5.06. The molecule has 6 heteroatoms. The van der Waals surface area contributed by atoms with Crippen molar-refractivity contribution in [2.75, 3.05) is 32.8 Å². The summed E-state index contributed by atoms with van der Waals surface area (Å²) in [7, 11) is 0. The third-order valence-corrected chi connectivity index (χ3v) is 3.80. The molecule has 0 bridgehead atoms. The Bertz CT molecular complexity index is 425. The van der Waals surface area contributed by atoms with Gasteiger partial charge in [0, 0.05) is 36.8 Å². The number of aliphatic hydroxyl groups is 1. The normalized spacial score (nSPS) is 18.9. The van der Waals surface area contributed by atoms with E-state index in [1.165, 1.54) is 6.07 Å². The topological polar surface area (TPSA) is 35.5 Å². The average molecular weight is 293 g/mol. The largest absolute Gasteiger partial charge is 0.394 e. The minimum Gasteiger partial charge on any atom is -0.394 e. The molecule has 0 spiro atoms. The van der Waals surface area contributed by atoms with E-state index in [1.54, 1.807) is 6.07 Å². The second-order valence-electron chi connectivity index (χ2n) is 4.24. The van der Waals surface area contributed by atoms with Crippen molar-refractivity contribution < 1.29 is 9.50 Å². The average Bonchev–Trinajstić information content (AvgIpc) is 2.40. The van der Waals surface area contributed by atoms with Crippen LogP contribution >= 0.6 is 23.2 Å².